The van der Waals surface area contributed by atoms with Crippen molar-refractivity contribution in [1.29, 1.82) is 0 Å². The Bertz CT molecular complexity index is 436. The summed E-state index contributed by atoms with van der Waals surface area (Å²) in [7, 11) is 0. The van der Waals surface area contributed by atoms with Gasteiger partial charge < -0.3 is 14.7 Å². The summed E-state index contributed by atoms with van der Waals surface area (Å²) >= 11 is 0. The van der Waals surface area contributed by atoms with Crippen molar-refractivity contribution in [3.8, 4) is 0 Å². The molecule has 1 heterocycles. The second kappa shape index (κ2) is 4.80. The van der Waals surface area contributed by atoms with Gasteiger partial charge in [0.05, 0.1) is 17.3 Å². The zero-order valence-corrected chi connectivity index (χ0v) is 12.6. The number of nitrogens with zero attached hydrogens (tertiary/aromatic N) is 1. The molecule has 1 saturated heterocycles. The number of rotatable bonds is 2. The Balaban J connectivity index is 2.36. The van der Waals surface area contributed by atoms with Gasteiger partial charge in [0.1, 0.15) is 0 Å². The van der Waals surface area contributed by atoms with E-state index in [0.717, 1.165) is 24.3 Å². The average molecular weight is 263 g/mol. The summed E-state index contributed by atoms with van der Waals surface area (Å²) < 4.78 is 6.11. The Morgan fingerprint density at radius 3 is 2.16 bits per heavy atom. The predicted molar refractivity (Wildman–Crippen MR) is 78.5 cm³/mol. The van der Waals surface area contributed by atoms with Crippen LogP contribution in [0.4, 0.5) is 5.69 Å². The van der Waals surface area contributed by atoms with Crippen molar-refractivity contribution in [2.24, 2.45) is 0 Å². The van der Waals surface area contributed by atoms with Gasteiger partial charge >= 0.3 is 0 Å². The van der Waals surface area contributed by atoms with Crippen molar-refractivity contribution < 1.29 is 9.84 Å². The fourth-order valence-corrected chi connectivity index (χ4v) is 3.09. The molecule has 1 unspecified atom stereocenters. The van der Waals surface area contributed by atoms with E-state index in [-0.39, 0.29) is 11.2 Å². The molecule has 0 radical (unpaired) electrons. The van der Waals surface area contributed by atoms with Crippen LogP contribution in [-0.4, -0.2) is 29.4 Å². The van der Waals surface area contributed by atoms with Gasteiger partial charge in [-0.3, -0.25) is 0 Å². The van der Waals surface area contributed by atoms with Crippen LogP contribution in [0.1, 0.15) is 46.3 Å². The average Bonchev–Trinajstić information content (AvgIpc) is 2.24. The van der Waals surface area contributed by atoms with Gasteiger partial charge in [-0.2, -0.15) is 0 Å². The first-order valence-corrected chi connectivity index (χ1v) is 6.92. The molecule has 1 aromatic carbocycles. The van der Waals surface area contributed by atoms with Gasteiger partial charge in [0.25, 0.3) is 0 Å². The smallest absolute Gasteiger partial charge is 0.0808 e. The summed E-state index contributed by atoms with van der Waals surface area (Å²) in [5.41, 5.74) is 1.72. The summed E-state index contributed by atoms with van der Waals surface area (Å²) in [5, 5.41) is 9.94. The highest BCUT2D eigenvalue weighted by Crippen LogP contribution is 2.34. The fraction of sp³-hybridized carbons (Fsp3) is 0.625. The molecular formula is C16H25NO2. The predicted octanol–water partition coefficient (Wildman–Crippen LogP) is 3.13. The van der Waals surface area contributed by atoms with Crippen molar-refractivity contribution in [2.45, 2.75) is 51.9 Å². The van der Waals surface area contributed by atoms with Crippen LogP contribution in [0.3, 0.4) is 0 Å². The van der Waals surface area contributed by atoms with Crippen LogP contribution < -0.4 is 4.90 Å². The lowest BCUT2D eigenvalue weighted by atomic mass is 9.96. The van der Waals surface area contributed by atoms with E-state index in [2.05, 4.69) is 38.7 Å². The summed E-state index contributed by atoms with van der Waals surface area (Å²) in [6, 6.07) is 8.08. The quantitative estimate of drug-likeness (QED) is 0.889. The highest BCUT2D eigenvalue weighted by Gasteiger charge is 2.38. The van der Waals surface area contributed by atoms with Crippen LogP contribution in [0, 0.1) is 0 Å². The number of para-hydroxylation sites is 1. The van der Waals surface area contributed by atoms with Crippen LogP contribution in [-0.2, 0) is 4.74 Å². The van der Waals surface area contributed by atoms with E-state index in [4.69, 9.17) is 4.74 Å². The van der Waals surface area contributed by atoms with Gasteiger partial charge in [0.2, 0.25) is 0 Å². The third-order valence-corrected chi connectivity index (χ3v) is 3.42. The lowest BCUT2D eigenvalue weighted by Crippen LogP contribution is -2.57. The standard InChI is InChI=1S/C16H25NO2/c1-12(18)13-8-6-7-9-14(13)17-10-15(2,3)19-16(4,5)11-17/h6-9,12,18H,10-11H2,1-5H3. The molecule has 0 saturated carbocycles. The first kappa shape index (κ1) is 14.4. The molecule has 1 aliphatic heterocycles. The second-order valence-electron chi connectivity index (χ2n) is 6.71. The van der Waals surface area contributed by atoms with Crippen molar-refractivity contribution in [3.63, 3.8) is 0 Å². The molecule has 3 heteroatoms. The Kier molecular flexibility index (Phi) is 3.63. The van der Waals surface area contributed by atoms with Gasteiger partial charge in [0.15, 0.2) is 0 Å². The minimum absolute atomic E-state index is 0.187. The summed E-state index contributed by atoms with van der Waals surface area (Å²) in [4.78, 5) is 2.32. The minimum atomic E-state index is -0.453. The zero-order valence-electron chi connectivity index (χ0n) is 12.6. The van der Waals surface area contributed by atoms with Gasteiger partial charge in [0, 0.05) is 24.3 Å². The summed E-state index contributed by atoms with van der Waals surface area (Å²) in [6.45, 7) is 11.9. The maximum absolute atomic E-state index is 9.94. The number of hydrogen-bond acceptors (Lipinski definition) is 3. The van der Waals surface area contributed by atoms with Gasteiger partial charge in [-0.25, -0.2) is 0 Å². The second-order valence-corrected chi connectivity index (χ2v) is 6.71. The van der Waals surface area contributed by atoms with Crippen LogP contribution in [0.2, 0.25) is 0 Å². The van der Waals surface area contributed by atoms with Gasteiger partial charge in [-0.15, -0.1) is 0 Å². The Hall–Kier alpha value is -1.06. The van der Waals surface area contributed by atoms with Crippen LogP contribution in [0.5, 0.6) is 0 Å². The molecule has 1 atom stereocenters. The summed E-state index contributed by atoms with van der Waals surface area (Å²) in [6.07, 6.45) is -0.453. The molecule has 0 bridgehead atoms. The number of ether oxygens (including phenoxy) is 1. The largest absolute Gasteiger partial charge is 0.389 e. The normalized spacial score (nSPS) is 23.2. The number of benzene rings is 1. The Morgan fingerprint density at radius 2 is 1.63 bits per heavy atom. The number of morpholine rings is 1. The third-order valence-electron chi connectivity index (χ3n) is 3.42. The van der Waals surface area contributed by atoms with Gasteiger partial charge in [-0.05, 0) is 40.7 Å². The molecule has 1 aliphatic rings. The monoisotopic (exact) mass is 263 g/mol. The maximum atomic E-state index is 9.94. The molecule has 0 amide bonds. The van der Waals surface area contributed by atoms with Crippen molar-refractivity contribution in [1.82, 2.24) is 0 Å². The molecule has 3 nitrogen and oxygen atoms in total. The fourth-order valence-electron chi connectivity index (χ4n) is 3.09. The molecule has 1 N–H and O–H groups in total. The van der Waals surface area contributed by atoms with E-state index in [1.807, 2.05) is 25.1 Å². The summed E-state index contributed by atoms with van der Waals surface area (Å²) in [5.74, 6) is 0. The molecule has 1 fully saturated rings. The van der Waals surface area contributed by atoms with Crippen LogP contribution in [0.15, 0.2) is 24.3 Å². The molecule has 2 rings (SSSR count). The van der Waals surface area contributed by atoms with Crippen molar-refractivity contribution in [2.75, 3.05) is 18.0 Å². The topological polar surface area (TPSA) is 32.7 Å². The number of aliphatic hydroxyl groups excluding tert-OH is 1. The van der Waals surface area contributed by atoms with E-state index < -0.39 is 6.10 Å². The zero-order chi connectivity index (χ0) is 14.3. The first-order valence-electron chi connectivity index (χ1n) is 6.92. The molecule has 106 valence electrons. The van der Waals surface area contributed by atoms with Crippen molar-refractivity contribution in [3.05, 3.63) is 29.8 Å². The molecule has 19 heavy (non-hydrogen) atoms. The van der Waals surface area contributed by atoms with Crippen molar-refractivity contribution >= 4 is 5.69 Å². The molecule has 0 aromatic heterocycles. The Morgan fingerprint density at radius 1 is 1.11 bits per heavy atom. The van der Waals surface area contributed by atoms with E-state index in [9.17, 15) is 5.11 Å². The SMILES string of the molecule is CC(O)c1ccccc1N1CC(C)(C)OC(C)(C)C1. The Labute approximate surface area is 116 Å². The highest BCUT2D eigenvalue weighted by molar-refractivity contribution is 5.55. The molecule has 0 aliphatic carbocycles. The van der Waals surface area contributed by atoms with Crippen LogP contribution in [0.25, 0.3) is 0 Å². The third kappa shape index (κ3) is 3.28. The molecular weight excluding hydrogens is 238 g/mol. The lowest BCUT2D eigenvalue weighted by Gasteiger charge is -2.48. The highest BCUT2D eigenvalue weighted by atomic mass is 16.5. The molecule has 1 aromatic rings. The molecule has 0 spiro atoms. The number of anilines is 1. The minimum Gasteiger partial charge on any atom is -0.389 e. The maximum Gasteiger partial charge on any atom is 0.0808 e. The van der Waals surface area contributed by atoms with E-state index >= 15 is 0 Å². The number of aliphatic hydroxyl groups is 1. The lowest BCUT2D eigenvalue weighted by molar-refractivity contribution is -0.133. The van der Waals surface area contributed by atoms with E-state index in [0.29, 0.717) is 0 Å². The van der Waals surface area contributed by atoms with E-state index in [1.165, 1.54) is 0 Å². The van der Waals surface area contributed by atoms with E-state index in [1.54, 1.807) is 0 Å². The first-order chi connectivity index (χ1) is 8.70. The van der Waals surface area contributed by atoms with Crippen LogP contribution >= 0.6 is 0 Å². The number of hydrogen-bond donors (Lipinski definition) is 1. The van der Waals surface area contributed by atoms with Gasteiger partial charge in [-0.1, -0.05) is 18.2 Å².